The number of carboxylic acid groups (broad SMARTS) is 1. The first-order chi connectivity index (χ1) is 16.9. The number of carbonyl (C=O) groups is 3. The smallest absolute Gasteiger partial charge is 0.407 e. The van der Waals surface area contributed by atoms with E-state index in [9.17, 15) is 14.4 Å². The summed E-state index contributed by atoms with van der Waals surface area (Å²) >= 11 is 0. The quantitative estimate of drug-likeness (QED) is 0.396. The summed E-state index contributed by atoms with van der Waals surface area (Å²) < 4.78 is 11.0. The van der Waals surface area contributed by atoms with Gasteiger partial charge in [0.25, 0.3) is 0 Å². The zero-order valence-electron chi connectivity index (χ0n) is 20.3. The first kappa shape index (κ1) is 26.2. The summed E-state index contributed by atoms with van der Waals surface area (Å²) in [4.78, 5) is 36.5. The fraction of sp³-hybridized carbons (Fsp3) is 0.444. The summed E-state index contributed by atoms with van der Waals surface area (Å²) in [6, 6.07) is 15.4. The summed E-state index contributed by atoms with van der Waals surface area (Å²) in [7, 11) is 0. The molecule has 0 saturated carbocycles. The van der Waals surface area contributed by atoms with Crippen LogP contribution >= 0.6 is 0 Å². The van der Waals surface area contributed by atoms with Gasteiger partial charge in [0, 0.05) is 19.1 Å². The van der Waals surface area contributed by atoms with Crippen LogP contribution in [0.2, 0.25) is 0 Å². The minimum atomic E-state index is -1.00. The average molecular weight is 483 g/mol. The highest BCUT2D eigenvalue weighted by molar-refractivity contribution is 5.85. The van der Waals surface area contributed by atoms with Crippen molar-refractivity contribution in [1.82, 2.24) is 10.6 Å². The van der Waals surface area contributed by atoms with Crippen LogP contribution in [0.1, 0.15) is 56.6 Å². The Morgan fingerprint density at radius 2 is 1.63 bits per heavy atom. The summed E-state index contributed by atoms with van der Waals surface area (Å²) in [5.41, 5.74) is 4.51. The van der Waals surface area contributed by atoms with Gasteiger partial charge in [-0.25, -0.2) is 4.79 Å². The standard InChI is InChI=1S/C27H34N2O6/c1-3-5-14-24(26(32)28-16-18(34-4-2)15-25(30)31)29-27(33)35-17-23-21-12-8-6-10-19(21)20-11-7-9-13-22(20)23/h6-13,18,23-24H,3-5,14-17H2,1-2H3,(H,28,32)(H,29,33)(H,30,31). The Balaban J connectivity index is 1.59. The van der Waals surface area contributed by atoms with Gasteiger partial charge in [0.2, 0.25) is 5.91 Å². The SMILES string of the molecule is CCCCC(NC(=O)OCC1c2ccccc2-c2ccccc21)C(=O)NCC(CC(=O)O)OCC. The molecule has 2 atom stereocenters. The van der Waals surface area contributed by atoms with Crippen LogP contribution in [0.4, 0.5) is 4.79 Å². The number of aliphatic carboxylic acids is 1. The molecule has 3 N–H and O–H groups in total. The van der Waals surface area contributed by atoms with Crippen LogP contribution in [0.3, 0.4) is 0 Å². The van der Waals surface area contributed by atoms with Crippen LogP contribution < -0.4 is 10.6 Å². The lowest BCUT2D eigenvalue weighted by molar-refractivity contribution is -0.140. The van der Waals surface area contributed by atoms with Crippen molar-refractivity contribution >= 4 is 18.0 Å². The maximum atomic E-state index is 12.8. The van der Waals surface area contributed by atoms with Crippen LogP contribution in [0.15, 0.2) is 48.5 Å². The van der Waals surface area contributed by atoms with E-state index in [1.807, 2.05) is 43.3 Å². The number of nitrogens with one attached hydrogen (secondary N) is 2. The number of carbonyl (C=O) groups excluding carboxylic acids is 2. The number of unbranched alkanes of at least 4 members (excludes halogenated alkanes) is 1. The second-order valence-electron chi connectivity index (χ2n) is 8.59. The lowest BCUT2D eigenvalue weighted by Gasteiger charge is -2.21. The minimum Gasteiger partial charge on any atom is -0.481 e. The fourth-order valence-corrected chi connectivity index (χ4v) is 4.42. The highest BCUT2D eigenvalue weighted by Crippen LogP contribution is 2.44. The number of hydrogen-bond acceptors (Lipinski definition) is 5. The summed E-state index contributed by atoms with van der Waals surface area (Å²) in [6.45, 7) is 4.31. The number of amides is 2. The van der Waals surface area contributed by atoms with Gasteiger partial charge in [-0.15, -0.1) is 0 Å². The molecule has 188 valence electrons. The number of carboxylic acids is 1. The van der Waals surface area contributed by atoms with Gasteiger partial charge in [0.15, 0.2) is 0 Å². The molecule has 2 aromatic carbocycles. The van der Waals surface area contributed by atoms with E-state index in [1.165, 1.54) is 0 Å². The molecule has 0 bridgehead atoms. The van der Waals surface area contributed by atoms with Gasteiger partial charge in [0.1, 0.15) is 12.6 Å². The molecule has 3 rings (SSSR count). The molecule has 8 heteroatoms. The Morgan fingerprint density at radius 3 is 2.20 bits per heavy atom. The number of fused-ring (bicyclic) bond motifs is 3. The van der Waals surface area contributed by atoms with Crippen molar-refractivity contribution in [3.05, 3.63) is 59.7 Å². The summed E-state index contributed by atoms with van der Waals surface area (Å²) in [5, 5.41) is 14.4. The monoisotopic (exact) mass is 482 g/mol. The maximum absolute atomic E-state index is 12.8. The normalized spacial score (nSPS) is 13.9. The van der Waals surface area contributed by atoms with Crippen molar-refractivity contribution in [3.63, 3.8) is 0 Å². The second kappa shape index (κ2) is 12.9. The van der Waals surface area contributed by atoms with Crippen LogP contribution in [0.25, 0.3) is 11.1 Å². The minimum absolute atomic E-state index is 0.0496. The van der Waals surface area contributed by atoms with Crippen molar-refractivity contribution in [2.45, 2.75) is 57.6 Å². The predicted octanol–water partition coefficient (Wildman–Crippen LogP) is 4.08. The van der Waals surface area contributed by atoms with Crippen LogP contribution in [-0.4, -0.2) is 55.0 Å². The first-order valence-corrected chi connectivity index (χ1v) is 12.2. The van der Waals surface area contributed by atoms with Gasteiger partial charge in [-0.2, -0.15) is 0 Å². The van der Waals surface area contributed by atoms with Crippen molar-refractivity contribution in [3.8, 4) is 11.1 Å². The molecule has 0 spiro atoms. The molecule has 0 aromatic heterocycles. The second-order valence-corrected chi connectivity index (χ2v) is 8.59. The van der Waals surface area contributed by atoms with Crippen molar-refractivity contribution in [1.29, 1.82) is 0 Å². The van der Waals surface area contributed by atoms with E-state index in [4.69, 9.17) is 14.6 Å². The molecular formula is C27H34N2O6. The van der Waals surface area contributed by atoms with Crippen LogP contribution in [-0.2, 0) is 19.1 Å². The van der Waals surface area contributed by atoms with E-state index >= 15 is 0 Å². The Morgan fingerprint density at radius 1 is 1.00 bits per heavy atom. The number of benzene rings is 2. The Hall–Kier alpha value is -3.39. The molecule has 1 aliphatic carbocycles. The first-order valence-electron chi connectivity index (χ1n) is 12.2. The molecule has 8 nitrogen and oxygen atoms in total. The Labute approximate surface area is 206 Å². The molecular weight excluding hydrogens is 448 g/mol. The lowest BCUT2D eigenvalue weighted by Crippen LogP contribution is -2.49. The summed E-state index contributed by atoms with van der Waals surface area (Å²) in [5.74, 6) is -1.46. The third-order valence-corrected chi connectivity index (χ3v) is 6.11. The largest absolute Gasteiger partial charge is 0.481 e. The van der Waals surface area contributed by atoms with Crippen LogP contribution in [0, 0.1) is 0 Å². The summed E-state index contributed by atoms with van der Waals surface area (Å²) in [6.07, 6.45) is 0.540. The molecule has 0 saturated heterocycles. The van der Waals surface area contributed by atoms with Crippen molar-refractivity contribution < 1.29 is 29.0 Å². The van der Waals surface area contributed by atoms with E-state index in [1.54, 1.807) is 6.92 Å². The molecule has 2 aromatic rings. The third-order valence-electron chi connectivity index (χ3n) is 6.11. The Bertz CT molecular complexity index is 979. The molecule has 35 heavy (non-hydrogen) atoms. The van der Waals surface area contributed by atoms with Crippen LogP contribution in [0.5, 0.6) is 0 Å². The molecule has 0 aliphatic heterocycles. The van der Waals surface area contributed by atoms with Gasteiger partial charge in [-0.3, -0.25) is 9.59 Å². The van der Waals surface area contributed by atoms with Gasteiger partial charge in [-0.1, -0.05) is 68.3 Å². The number of rotatable bonds is 13. The van der Waals surface area contributed by atoms with E-state index in [-0.39, 0.29) is 31.4 Å². The molecule has 0 radical (unpaired) electrons. The average Bonchev–Trinajstić information content (AvgIpc) is 3.17. The van der Waals surface area contributed by atoms with Gasteiger partial charge in [0.05, 0.1) is 12.5 Å². The van der Waals surface area contributed by atoms with E-state index in [0.717, 1.165) is 35.1 Å². The number of ether oxygens (including phenoxy) is 2. The topological polar surface area (TPSA) is 114 Å². The predicted molar refractivity (Wildman–Crippen MR) is 132 cm³/mol. The van der Waals surface area contributed by atoms with Gasteiger partial charge < -0.3 is 25.2 Å². The van der Waals surface area contributed by atoms with Gasteiger partial charge in [-0.05, 0) is 35.6 Å². The van der Waals surface area contributed by atoms with E-state index in [2.05, 4.69) is 22.8 Å². The maximum Gasteiger partial charge on any atom is 0.407 e. The fourth-order valence-electron chi connectivity index (χ4n) is 4.42. The van der Waals surface area contributed by atoms with Crippen molar-refractivity contribution in [2.75, 3.05) is 19.8 Å². The van der Waals surface area contributed by atoms with E-state index in [0.29, 0.717) is 13.0 Å². The van der Waals surface area contributed by atoms with Crippen molar-refractivity contribution in [2.24, 2.45) is 0 Å². The van der Waals surface area contributed by atoms with E-state index < -0.39 is 24.2 Å². The molecule has 2 unspecified atom stereocenters. The lowest BCUT2D eigenvalue weighted by atomic mass is 9.98. The highest BCUT2D eigenvalue weighted by atomic mass is 16.5. The van der Waals surface area contributed by atoms with Gasteiger partial charge >= 0.3 is 12.1 Å². The molecule has 0 heterocycles. The Kier molecular flexibility index (Phi) is 9.66. The third kappa shape index (κ3) is 7.05. The highest BCUT2D eigenvalue weighted by Gasteiger charge is 2.30. The molecule has 1 aliphatic rings. The molecule has 2 amide bonds. The zero-order valence-corrected chi connectivity index (χ0v) is 20.3. The molecule has 0 fully saturated rings. The number of hydrogen-bond donors (Lipinski definition) is 3. The zero-order chi connectivity index (χ0) is 25.2. The number of alkyl carbamates (subject to hydrolysis) is 1.